The van der Waals surface area contributed by atoms with Crippen molar-refractivity contribution in [1.82, 2.24) is 19.4 Å². The quantitative estimate of drug-likeness (QED) is 0.196. The van der Waals surface area contributed by atoms with E-state index in [2.05, 4.69) is 15.3 Å². The van der Waals surface area contributed by atoms with Crippen molar-refractivity contribution in [3.63, 3.8) is 0 Å². The number of carbonyl (C=O) groups is 1. The first-order valence-corrected chi connectivity index (χ1v) is 14.7. The average Bonchev–Trinajstić information content (AvgIpc) is 3.45. The maximum atomic E-state index is 13.5. The van der Waals surface area contributed by atoms with E-state index < -0.39 is 0 Å². The second kappa shape index (κ2) is 12.8. The van der Waals surface area contributed by atoms with Gasteiger partial charge in [-0.25, -0.2) is 14.4 Å². The van der Waals surface area contributed by atoms with Crippen LogP contribution in [0.2, 0.25) is 5.02 Å². The lowest BCUT2D eigenvalue weighted by Gasteiger charge is -2.26. The fourth-order valence-corrected chi connectivity index (χ4v) is 5.59. The summed E-state index contributed by atoms with van der Waals surface area (Å²) in [6.45, 7) is 1.67. The Hall–Kier alpha value is -4.47. The number of hydrogen-bond acceptors (Lipinski definition) is 6. The molecule has 220 valence electrons. The highest BCUT2D eigenvalue weighted by Gasteiger charge is 2.22. The third-order valence-corrected chi connectivity index (χ3v) is 7.85. The number of aliphatic hydroxyl groups is 1. The minimum absolute atomic E-state index is 0.00798. The number of likely N-dealkylation sites (tertiary alicyclic amines) is 1. The first kappa shape index (κ1) is 28.6. The van der Waals surface area contributed by atoms with Gasteiger partial charge in [-0.2, -0.15) is 0 Å². The lowest BCUT2D eigenvalue weighted by Crippen LogP contribution is -2.35. The number of nitrogens with one attached hydrogen (secondary N) is 1. The number of hydrogen-bond donors (Lipinski definition) is 2. The van der Waals surface area contributed by atoms with E-state index in [1.54, 1.807) is 24.3 Å². The zero-order valence-electron chi connectivity index (χ0n) is 23.5. The van der Waals surface area contributed by atoms with Gasteiger partial charge in [0, 0.05) is 48.9 Å². The number of fused-ring (bicyclic) bond motifs is 1. The van der Waals surface area contributed by atoms with Gasteiger partial charge in [-0.15, -0.1) is 0 Å². The van der Waals surface area contributed by atoms with Crippen molar-refractivity contribution in [3.05, 3.63) is 107 Å². The minimum atomic E-state index is -0.319. The summed E-state index contributed by atoms with van der Waals surface area (Å²) >= 11 is 6.52. The second-order valence-corrected chi connectivity index (χ2v) is 11.0. The molecule has 43 heavy (non-hydrogen) atoms. The molecule has 0 atom stereocenters. The summed E-state index contributed by atoms with van der Waals surface area (Å²) in [7, 11) is 0. The van der Waals surface area contributed by atoms with Gasteiger partial charge >= 0.3 is 0 Å². The molecule has 0 unspecified atom stereocenters. The maximum absolute atomic E-state index is 13.5. The fourth-order valence-electron chi connectivity index (χ4n) is 5.35. The molecule has 0 bridgehead atoms. The summed E-state index contributed by atoms with van der Waals surface area (Å²) < 4.78 is 21.2. The molecule has 1 aliphatic heterocycles. The number of piperidine rings is 1. The topological polar surface area (TPSA) is 92.5 Å². The molecule has 10 heteroatoms. The number of benzene rings is 3. The Morgan fingerprint density at radius 2 is 1.88 bits per heavy atom. The lowest BCUT2D eigenvalue weighted by molar-refractivity contribution is 0.0723. The maximum Gasteiger partial charge on any atom is 0.255 e. The molecule has 1 amide bonds. The van der Waals surface area contributed by atoms with Crippen LogP contribution in [-0.4, -0.2) is 50.1 Å². The number of rotatable bonds is 9. The Labute approximate surface area is 253 Å². The number of nitrogens with zero attached hydrogens (tertiary/aromatic N) is 4. The number of aromatic nitrogens is 3. The van der Waals surface area contributed by atoms with Gasteiger partial charge in [0.25, 0.3) is 5.91 Å². The highest BCUT2D eigenvalue weighted by Crippen LogP contribution is 2.32. The van der Waals surface area contributed by atoms with Crippen LogP contribution in [0.3, 0.4) is 0 Å². The summed E-state index contributed by atoms with van der Waals surface area (Å²) in [6, 6.07) is 17.4. The second-order valence-electron chi connectivity index (χ2n) is 10.5. The molecule has 1 saturated heterocycles. The van der Waals surface area contributed by atoms with Gasteiger partial charge in [-0.1, -0.05) is 23.7 Å². The summed E-state index contributed by atoms with van der Waals surface area (Å²) in [4.78, 5) is 24.2. The number of anilines is 2. The SMILES string of the molecule is O=C(c1cn(-c2ccc3ncnc(Nc4ccc(OCc5cccc(F)c5)c(Cl)c4)c3c2)cc1CCO)N1CCCCC1. The predicted molar refractivity (Wildman–Crippen MR) is 165 cm³/mol. The normalized spacial score (nSPS) is 13.3. The van der Waals surface area contributed by atoms with Crippen LogP contribution in [-0.2, 0) is 13.0 Å². The number of amides is 1. The smallest absolute Gasteiger partial charge is 0.255 e. The molecule has 8 nitrogen and oxygen atoms in total. The molecular weight excluding hydrogens is 569 g/mol. The molecule has 3 aromatic carbocycles. The van der Waals surface area contributed by atoms with Gasteiger partial charge < -0.3 is 24.6 Å². The molecule has 2 aromatic heterocycles. The summed E-state index contributed by atoms with van der Waals surface area (Å²) in [5, 5.41) is 14.2. The van der Waals surface area contributed by atoms with Gasteiger partial charge in [0.15, 0.2) is 0 Å². The van der Waals surface area contributed by atoms with Gasteiger partial charge in [0.2, 0.25) is 0 Å². The Bertz CT molecular complexity index is 1770. The number of aliphatic hydroxyl groups excluding tert-OH is 1. The molecule has 6 rings (SSSR count). The van der Waals surface area contributed by atoms with Crippen molar-refractivity contribution in [1.29, 1.82) is 0 Å². The predicted octanol–water partition coefficient (Wildman–Crippen LogP) is 6.70. The van der Waals surface area contributed by atoms with Crippen LogP contribution in [0.4, 0.5) is 15.9 Å². The molecule has 0 aliphatic carbocycles. The highest BCUT2D eigenvalue weighted by atomic mass is 35.5. The standard InChI is InChI=1S/C33H31ClFN5O3/c34-29-16-25(7-10-31(29)43-20-22-5-4-6-24(35)15-22)38-32-27-17-26(8-9-30(27)36-21-37-32)40-18-23(11-14-41)28(19-40)33(42)39-12-2-1-3-13-39/h4-10,15-19,21,41H,1-3,11-14,20H2,(H,36,37,38). The lowest BCUT2D eigenvalue weighted by atomic mass is 10.1. The Balaban J connectivity index is 1.25. The van der Waals surface area contributed by atoms with Crippen LogP contribution in [0.15, 0.2) is 79.4 Å². The zero-order chi connectivity index (χ0) is 29.8. The molecule has 0 saturated carbocycles. The van der Waals surface area contributed by atoms with Crippen LogP contribution in [0.1, 0.15) is 40.7 Å². The summed E-state index contributed by atoms with van der Waals surface area (Å²) in [6.07, 6.45) is 8.82. The molecule has 1 fully saturated rings. The van der Waals surface area contributed by atoms with Gasteiger partial charge in [-0.3, -0.25) is 4.79 Å². The van der Waals surface area contributed by atoms with Crippen LogP contribution >= 0.6 is 11.6 Å². The van der Waals surface area contributed by atoms with E-state index >= 15 is 0 Å². The third-order valence-electron chi connectivity index (χ3n) is 7.56. The van der Waals surface area contributed by atoms with E-state index in [1.807, 2.05) is 46.1 Å². The van der Waals surface area contributed by atoms with E-state index in [0.29, 0.717) is 39.8 Å². The molecule has 3 heterocycles. The first-order chi connectivity index (χ1) is 21.0. The van der Waals surface area contributed by atoms with E-state index in [9.17, 15) is 14.3 Å². The van der Waals surface area contributed by atoms with Crippen LogP contribution in [0.5, 0.6) is 5.75 Å². The van der Waals surface area contributed by atoms with Gasteiger partial charge in [0.1, 0.15) is 30.3 Å². The number of ether oxygens (including phenoxy) is 1. The Morgan fingerprint density at radius 1 is 1.02 bits per heavy atom. The monoisotopic (exact) mass is 599 g/mol. The Kier molecular flexibility index (Phi) is 8.53. The molecule has 5 aromatic rings. The van der Waals surface area contributed by atoms with E-state index in [0.717, 1.165) is 54.5 Å². The van der Waals surface area contributed by atoms with E-state index in [-0.39, 0.29) is 24.9 Å². The fraction of sp³-hybridized carbons (Fsp3) is 0.242. The van der Waals surface area contributed by atoms with Crippen LogP contribution in [0.25, 0.3) is 16.6 Å². The summed E-state index contributed by atoms with van der Waals surface area (Å²) in [5.41, 5.74) is 4.42. The van der Waals surface area contributed by atoms with Crippen molar-refractivity contribution in [3.8, 4) is 11.4 Å². The Morgan fingerprint density at radius 3 is 2.67 bits per heavy atom. The average molecular weight is 600 g/mol. The molecule has 1 aliphatic rings. The molecular formula is C33H31ClFN5O3. The summed E-state index contributed by atoms with van der Waals surface area (Å²) in [5.74, 6) is 0.755. The highest BCUT2D eigenvalue weighted by molar-refractivity contribution is 6.32. The largest absolute Gasteiger partial charge is 0.487 e. The molecule has 0 spiro atoms. The van der Waals surface area contributed by atoms with E-state index in [1.165, 1.54) is 18.5 Å². The first-order valence-electron chi connectivity index (χ1n) is 14.3. The van der Waals surface area contributed by atoms with Gasteiger partial charge in [0.05, 0.1) is 16.1 Å². The van der Waals surface area contributed by atoms with Crippen molar-refractivity contribution in [2.45, 2.75) is 32.3 Å². The molecule has 0 radical (unpaired) electrons. The van der Waals surface area contributed by atoms with E-state index in [4.69, 9.17) is 16.3 Å². The minimum Gasteiger partial charge on any atom is -0.487 e. The van der Waals surface area contributed by atoms with Crippen LogP contribution in [0, 0.1) is 5.82 Å². The van der Waals surface area contributed by atoms with Crippen molar-refractivity contribution >= 4 is 39.9 Å². The third kappa shape index (κ3) is 6.48. The number of halogens is 2. The zero-order valence-corrected chi connectivity index (χ0v) is 24.2. The van der Waals surface area contributed by atoms with Crippen molar-refractivity contribution in [2.75, 3.05) is 25.0 Å². The van der Waals surface area contributed by atoms with Crippen LogP contribution < -0.4 is 10.1 Å². The molecule has 2 N–H and O–H groups in total. The van der Waals surface area contributed by atoms with Gasteiger partial charge in [-0.05, 0) is 85.3 Å². The van der Waals surface area contributed by atoms with Crippen molar-refractivity contribution < 1.29 is 19.0 Å². The number of carbonyl (C=O) groups excluding carboxylic acids is 1. The van der Waals surface area contributed by atoms with Crippen molar-refractivity contribution in [2.24, 2.45) is 0 Å².